The Hall–Kier alpha value is -3.07. The Morgan fingerprint density at radius 1 is 1.15 bits per heavy atom. The predicted molar refractivity (Wildman–Crippen MR) is 99.2 cm³/mol. The van der Waals surface area contributed by atoms with Gasteiger partial charge >= 0.3 is 11.7 Å². The molecule has 0 saturated heterocycles. The van der Waals surface area contributed by atoms with Crippen LogP contribution in [-0.4, -0.2) is 26.1 Å². The molecule has 0 aliphatic rings. The standard InChI is InChI=1S/C18H18N2O6S/c1-11-4-5-13(8-12(11)2)19-27(23,24)14-6-7-15-16(9-14)26-18(22)20(15)10-17(21)25-3/h4-9,19H,10H2,1-3H3. The molecule has 0 unspecified atom stereocenters. The van der Waals surface area contributed by atoms with Gasteiger partial charge in [0.25, 0.3) is 10.0 Å². The maximum Gasteiger partial charge on any atom is 0.420 e. The fourth-order valence-corrected chi connectivity index (χ4v) is 3.64. The van der Waals surface area contributed by atoms with E-state index in [1.807, 2.05) is 19.9 Å². The van der Waals surface area contributed by atoms with Gasteiger partial charge in [0.15, 0.2) is 5.58 Å². The molecule has 142 valence electrons. The number of hydrogen-bond acceptors (Lipinski definition) is 6. The molecule has 0 atom stereocenters. The summed E-state index contributed by atoms with van der Waals surface area (Å²) in [7, 11) is -2.67. The van der Waals surface area contributed by atoms with E-state index in [1.165, 1.54) is 25.3 Å². The van der Waals surface area contributed by atoms with Gasteiger partial charge in [0.1, 0.15) is 6.54 Å². The van der Waals surface area contributed by atoms with Gasteiger partial charge in [-0.25, -0.2) is 13.2 Å². The number of esters is 1. The van der Waals surface area contributed by atoms with Crippen molar-refractivity contribution in [3.05, 3.63) is 58.1 Å². The molecule has 3 aromatic rings. The van der Waals surface area contributed by atoms with Crippen molar-refractivity contribution in [1.29, 1.82) is 0 Å². The predicted octanol–water partition coefficient (Wildman–Crippen LogP) is 2.19. The Morgan fingerprint density at radius 3 is 2.56 bits per heavy atom. The van der Waals surface area contributed by atoms with Gasteiger partial charge in [-0.05, 0) is 49.2 Å². The van der Waals surface area contributed by atoms with E-state index in [-0.39, 0.29) is 17.0 Å². The molecule has 1 aromatic heterocycles. The summed E-state index contributed by atoms with van der Waals surface area (Å²) in [5.41, 5.74) is 2.80. The highest BCUT2D eigenvalue weighted by Crippen LogP contribution is 2.22. The van der Waals surface area contributed by atoms with Crippen LogP contribution in [0.4, 0.5) is 5.69 Å². The van der Waals surface area contributed by atoms with Crippen LogP contribution < -0.4 is 10.5 Å². The SMILES string of the molecule is COC(=O)Cn1c(=O)oc2cc(S(=O)(=O)Nc3ccc(C)c(C)c3)ccc21. The Bertz CT molecular complexity index is 1190. The van der Waals surface area contributed by atoms with Crippen LogP contribution in [-0.2, 0) is 26.1 Å². The first kappa shape index (κ1) is 18.7. The van der Waals surface area contributed by atoms with Crippen molar-refractivity contribution < 1.29 is 22.4 Å². The van der Waals surface area contributed by atoms with Crippen LogP contribution >= 0.6 is 0 Å². The first-order valence-corrected chi connectivity index (χ1v) is 9.50. The first-order chi connectivity index (χ1) is 12.7. The average molecular weight is 390 g/mol. The molecule has 1 N–H and O–H groups in total. The van der Waals surface area contributed by atoms with E-state index in [9.17, 15) is 18.0 Å². The number of anilines is 1. The lowest BCUT2D eigenvalue weighted by Gasteiger charge is -2.10. The van der Waals surface area contributed by atoms with Gasteiger partial charge in [-0.3, -0.25) is 14.1 Å². The van der Waals surface area contributed by atoms with Gasteiger partial charge in [0.2, 0.25) is 0 Å². The average Bonchev–Trinajstić information content (AvgIpc) is 2.92. The molecular weight excluding hydrogens is 372 g/mol. The molecule has 27 heavy (non-hydrogen) atoms. The molecule has 0 amide bonds. The number of aryl methyl sites for hydroxylation is 2. The zero-order valence-corrected chi connectivity index (χ0v) is 15.8. The molecule has 0 saturated carbocycles. The molecular formula is C18H18N2O6S. The number of nitrogens with zero attached hydrogens (tertiary/aromatic N) is 1. The van der Waals surface area contributed by atoms with Crippen molar-refractivity contribution in [2.75, 3.05) is 11.8 Å². The summed E-state index contributed by atoms with van der Waals surface area (Å²) in [5, 5.41) is 0. The van der Waals surface area contributed by atoms with Crippen molar-refractivity contribution in [1.82, 2.24) is 4.57 Å². The molecule has 2 aromatic carbocycles. The summed E-state index contributed by atoms with van der Waals surface area (Å²) in [4.78, 5) is 23.3. The number of rotatable bonds is 5. The zero-order valence-electron chi connectivity index (χ0n) is 15.0. The molecule has 0 aliphatic carbocycles. The van der Waals surface area contributed by atoms with Crippen molar-refractivity contribution in [2.24, 2.45) is 0 Å². The number of methoxy groups -OCH3 is 1. The Kier molecular flexibility index (Phi) is 4.79. The van der Waals surface area contributed by atoms with E-state index in [0.29, 0.717) is 11.2 Å². The minimum absolute atomic E-state index is 0.0619. The van der Waals surface area contributed by atoms with E-state index in [4.69, 9.17) is 4.42 Å². The van der Waals surface area contributed by atoms with E-state index in [2.05, 4.69) is 9.46 Å². The molecule has 3 rings (SSSR count). The number of carbonyl (C=O) groups excluding carboxylic acids is 1. The van der Waals surface area contributed by atoms with Gasteiger partial charge < -0.3 is 9.15 Å². The Balaban J connectivity index is 1.97. The van der Waals surface area contributed by atoms with Crippen LogP contribution in [0.15, 0.2) is 50.5 Å². The molecule has 0 aliphatic heterocycles. The Labute approximate surface area is 155 Å². The largest absolute Gasteiger partial charge is 0.468 e. The van der Waals surface area contributed by atoms with Crippen molar-refractivity contribution in [2.45, 2.75) is 25.3 Å². The number of fused-ring (bicyclic) bond motifs is 1. The van der Waals surface area contributed by atoms with Crippen molar-refractivity contribution in [3.8, 4) is 0 Å². The van der Waals surface area contributed by atoms with Gasteiger partial charge in [-0.15, -0.1) is 0 Å². The summed E-state index contributed by atoms with van der Waals surface area (Å²) >= 11 is 0. The van der Waals surface area contributed by atoms with E-state index in [0.717, 1.165) is 15.7 Å². The second-order valence-corrected chi connectivity index (χ2v) is 7.75. The highest BCUT2D eigenvalue weighted by Gasteiger charge is 2.19. The summed E-state index contributed by atoms with van der Waals surface area (Å²) < 4.78 is 38.5. The molecule has 8 nitrogen and oxygen atoms in total. The zero-order chi connectivity index (χ0) is 19.8. The second-order valence-electron chi connectivity index (χ2n) is 6.06. The quantitative estimate of drug-likeness (QED) is 0.669. The number of hydrogen-bond donors (Lipinski definition) is 1. The molecule has 1 heterocycles. The van der Waals surface area contributed by atoms with Crippen molar-refractivity contribution in [3.63, 3.8) is 0 Å². The monoisotopic (exact) mass is 390 g/mol. The van der Waals surface area contributed by atoms with Gasteiger partial charge in [0.05, 0.1) is 17.5 Å². The van der Waals surface area contributed by atoms with Crippen LogP contribution in [0.25, 0.3) is 11.1 Å². The summed E-state index contributed by atoms with van der Waals surface area (Å²) in [6.45, 7) is 3.50. The van der Waals surface area contributed by atoms with E-state index >= 15 is 0 Å². The normalized spacial score (nSPS) is 11.5. The summed E-state index contributed by atoms with van der Waals surface area (Å²) in [6.07, 6.45) is 0. The van der Waals surface area contributed by atoms with Gasteiger partial charge in [-0.2, -0.15) is 0 Å². The molecule has 0 radical (unpaired) electrons. The lowest BCUT2D eigenvalue weighted by Crippen LogP contribution is -2.20. The number of carbonyl (C=O) groups is 1. The van der Waals surface area contributed by atoms with E-state index < -0.39 is 21.7 Å². The lowest BCUT2D eigenvalue weighted by atomic mass is 10.1. The number of sulfonamides is 1. The minimum atomic E-state index is -3.88. The lowest BCUT2D eigenvalue weighted by molar-refractivity contribution is -0.141. The van der Waals surface area contributed by atoms with E-state index in [1.54, 1.807) is 12.1 Å². The highest BCUT2D eigenvalue weighted by atomic mass is 32.2. The first-order valence-electron chi connectivity index (χ1n) is 8.01. The van der Waals surface area contributed by atoms with Crippen LogP contribution in [0.3, 0.4) is 0 Å². The third-order valence-electron chi connectivity index (χ3n) is 4.22. The molecule has 0 spiro atoms. The number of ether oxygens (including phenoxy) is 1. The summed E-state index contributed by atoms with van der Waals surface area (Å²) in [5.74, 6) is -1.39. The number of oxazole rings is 1. The maximum atomic E-state index is 12.6. The second kappa shape index (κ2) is 6.92. The smallest absolute Gasteiger partial charge is 0.420 e. The number of aromatic nitrogens is 1. The minimum Gasteiger partial charge on any atom is -0.468 e. The maximum absolute atomic E-state index is 12.6. The topological polar surface area (TPSA) is 108 Å². The fourth-order valence-electron chi connectivity index (χ4n) is 2.58. The fraction of sp³-hybridized carbons (Fsp3) is 0.222. The molecule has 9 heteroatoms. The van der Waals surface area contributed by atoms with Gasteiger partial charge in [-0.1, -0.05) is 6.07 Å². The van der Waals surface area contributed by atoms with Crippen molar-refractivity contribution >= 4 is 32.8 Å². The third kappa shape index (κ3) is 3.72. The molecule has 0 bridgehead atoms. The number of nitrogens with one attached hydrogen (secondary N) is 1. The number of benzene rings is 2. The van der Waals surface area contributed by atoms with Crippen LogP contribution in [0.2, 0.25) is 0 Å². The highest BCUT2D eigenvalue weighted by molar-refractivity contribution is 7.92. The van der Waals surface area contributed by atoms with Crippen LogP contribution in [0.1, 0.15) is 11.1 Å². The van der Waals surface area contributed by atoms with Crippen LogP contribution in [0, 0.1) is 13.8 Å². The Morgan fingerprint density at radius 2 is 1.89 bits per heavy atom. The molecule has 0 fully saturated rings. The van der Waals surface area contributed by atoms with Gasteiger partial charge in [0, 0.05) is 11.8 Å². The third-order valence-corrected chi connectivity index (χ3v) is 5.60. The summed E-state index contributed by atoms with van der Waals surface area (Å²) in [6, 6.07) is 9.23. The van der Waals surface area contributed by atoms with Crippen LogP contribution in [0.5, 0.6) is 0 Å².